The summed E-state index contributed by atoms with van der Waals surface area (Å²) in [6.07, 6.45) is 0. The first-order valence-electron chi connectivity index (χ1n) is 27.9. The number of aryl methyl sites for hydroxylation is 12. The molecule has 12 aromatic rings. The second-order valence-corrected chi connectivity index (χ2v) is 27.7. The SMILES string of the molecule is Cc1cc(S(=O)(=O)O)c2cc(C)ccc2c1.Cc1ccc(C)c2ccccc12.Cc1ccc2c(C)cccc2c1.Cc1ccc2c(C)cccc2c1S(=O)(=O)O.Cc1ccc2c(S(=O)(=O)O)c(C)ccc2c1.Cc1ccc2cc(S(=O)(=O)O)cc(C)c2c1. The van der Waals surface area contributed by atoms with Crippen LogP contribution < -0.4 is 0 Å². The third-order valence-corrected chi connectivity index (χ3v) is 18.8. The van der Waals surface area contributed by atoms with Gasteiger partial charge in [0.1, 0.15) is 14.7 Å². The van der Waals surface area contributed by atoms with E-state index in [9.17, 15) is 47.3 Å². The molecular formula is C72H72O12S4. The molecule has 4 N–H and O–H groups in total. The minimum Gasteiger partial charge on any atom is -0.282 e. The van der Waals surface area contributed by atoms with Crippen molar-refractivity contribution in [1.29, 1.82) is 0 Å². The number of fused-ring (bicyclic) bond motifs is 6. The van der Waals surface area contributed by atoms with Crippen LogP contribution in [-0.4, -0.2) is 51.9 Å². The molecule has 0 aromatic heterocycles. The fourth-order valence-electron chi connectivity index (χ4n) is 10.5. The van der Waals surface area contributed by atoms with Gasteiger partial charge >= 0.3 is 0 Å². The minimum atomic E-state index is -4.18. The van der Waals surface area contributed by atoms with Gasteiger partial charge in [-0.2, -0.15) is 33.7 Å². The van der Waals surface area contributed by atoms with Gasteiger partial charge in [-0.1, -0.05) is 198 Å². The maximum absolute atomic E-state index is 11.3. The molecule has 12 rings (SSSR count). The first-order valence-corrected chi connectivity index (χ1v) is 33.7. The molecule has 0 saturated carbocycles. The predicted octanol–water partition coefficient (Wildman–Crippen LogP) is 17.7. The van der Waals surface area contributed by atoms with Crippen LogP contribution in [0.2, 0.25) is 0 Å². The lowest BCUT2D eigenvalue weighted by Crippen LogP contribution is -2.02. The van der Waals surface area contributed by atoms with Gasteiger partial charge in [-0.15, -0.1) is 0 Å². The van der Waals surface area contributed by atoms with E-state index in [0.717, 1.165) is 60.3 Å². The van der Waals surface area contributed by atoms with Gasteiger partial charge in [-0.05, 0) is 194 Å². The van der Waals surface area contributed by atoms with Gasteiger partial charge in [-0.3, -0.25) is 18.2 Å². The van der Waals surface area contributed by atoms with E-state index < -0.39 is 40.5 Å². The highest BCUT2D eigenvalue weighted by molar-refractivity contribution is 7.86. The van der Waals surface area contributed by atoms with Crippen molar-refractivity contribution in [3.63, 3.8) is 0 Å². The van der Waals surface area contributed by atoms with Gasteiger partial charge < -0.3 is 0 Å². The molecule has 88 heavy (non-hydrogen) atoms. The van der Waals surface area contributed by atoms with E-state index in [1.54, 1.807) is 57.2 Å². The van der Waals surface area contributed by atoms with Crippen LogP contribution in [0.3, 0.4) is 0 Å². The van der Waals surface area contributed by atoms with Crippen molar-refractivity contribution in [2.45, 2.75) is 103 Å². The van der Waals surface area contributed by atoms with Crippen LogP contribution in [0.25, 0.3) is 64.6 Å². The third kappa shape index (κ3) is 16.7. The lowest BCUT2D eigenvalue weighted by molar-refractivity contribution is 0.481. The second kappa shape index (κ2) is 27.5. The van der Waals surface area contributed by atoms with E-state index in [-0.39, 0.29) is 19.6 Å². The Morgan fingerprint density at radius 3 is 1.12 bits per heavy atom. The van der Waals surface area contributed by atoms with Crippen molar-refractivity contribution in [1.82, 2.24) is 0 Å². The van der Waals surface area contributed by atoms with Crippen LogP contribution in [0.5, 0.6) is 0 Å². The van der Waals surface area contributed by atoms with Crippen molar-refractivity contribution >= 4 is 105 Å². The number of hydrogen-bond acceptors (Lipinski definition) is 8. The lowest BCUT2D eigenvalue weighted by atomic mass is 10.0. The topological polar surface area (TPSA) is 217 Å². The van der Waals surface area contributed by atoms with Crippen molar-refractivity contribution < 1.29 is 51.9 Å². The van der Waals surface area contributed by atoms with Crippen LogP contribution in [0.1, 0.15) is 66.8 Å². The van der Waals surface area contributed by atoms with Crippen LogP contribution in [0.4, 0.5) is 0 Å². The van der Waals surface area contributed by atoms with Gasteiger partial charge in [0.05, 0.1) is 4.90 Å². The molecular weight excluding hydrogens is 1190 g/mol. The molecule has 12 aromatic carbocycles. The number of hydrogen-bond donors (Lipinski definition) is 4. The van der Waals surface area contributed by atoms with E-state index in [2.05, 4.69) is 100 Å². The summed E-state index contributed by atoms with van der Waals surface area (Å²) in [5.74, 6) is 0. The molecule has 0 amide bonds. The highest BCUT2D eigenvalue weighted by Crippen LogP contribution is 2.31. The van der Waals surface area contributed by atoms with Crippen LogP contribution >= 0.6 is 0 Å². The van der Waals surface area contributed by atoms with Gasteiger partial charge in [0.2, 0.25) is 0 Å². The highest BCUT2D eigenvalue weighted by atomic mass is 32.2. The van der Waals surface area contributed by atoms with E-state index >= 15 is 0 Å². The van der Waals surface area contributed by atoms with Crippen molar-refractivity contribution in [2.75, 3.05) is 0 Å². The minimum absolute atomic E-state index is 0.00463. The van der Waals surface area contributed by atoms with E-state index in [1.165, 1.54) is 62.0 Å². The fourth-order valence-corrected chi connectivity index (χ4v) is 13.8. The van der Waals surface area contributed by atoms with E-state index in [0.29, 0.717) is 27.3 Å². The molecule has 0 saturated heterocycles. The summed E-state index contributed by atoms with van der Waals surface area (Å²) < 4.78 is 127. The third-order valence-electron chi connectivity index (χ3n) is 15.0. The summed E-state index contributed by atoms with van der Waals surface area (Å²) in [5.41, 5.74) is 12.3. The Morgan fingerprint density at radius 2 is 0.591 bits per heavy atom. The smallest absolute Gasteiger partial charge is 0.282 e. The molecule has 0 unspecified atom stereocenters. The molecule has 0 aliphatic carbocycles. The second-order valence-electron chi connectivity index (χ2n) is 22.2. The molecule has 12 nitrogen and oxygen atoms in total. The summed E-state index contributed by atoms with van der Waals surface area (Å²) >= 11 is 0. The average molecular weight is 1260 g/mol. The first kappa shape index (κ1) is 67.3. The van der Waals surface area contributed by atoms with Crippen LogP contribution in [-0.2, 0) is 40.5 Å². The molecule has 16 heteroatoms. The molecule has 0 spiro atoms. The largest absolute Gasteiger partial charge is 0.295 e. The quantitative estimate of drug-likeness (QED) is 0.121. The maximum atomic E-state index is 11.3. The van der Waals surface area contributed by atoms with Crippen molar-refractivity contribution in [3.05, 3.63) is 261 Å². The van der Waals surface area contributed by atoms with Crippen molar-refractivity contribution in [2.24, 2.45) is 0 Å². The molecule has 0 atom stereocenters. The molecule has 0 aliphatic heterocycles. The normalized spacial score (nSPS) is 11.5. The molecule has 456 valence electrons. The first-order chi connectivity index (χ1) is 41.1. The Morgan fingerprint density at radius 1 is 0.227 bits per heavy atom. The van der Waals surface area contributed by atoms with Crippen molar-refractivity contribution in [3.8, 4) is 0 Å². The Kier molecular flexibility index (Phi) is 21.0. The summed E-state index contributed by atoms with van der Waals surface area (Å²) in [6.45, 7) is 23.3. The van der Waals surface area contributed by atoms with E-state index in [1.807, 2.05) is 101 Å². The summed E-state index contributed by atoms with van der Waals surface area (Å²) in [6, 6.07) is 61.5. The van der Waals surface area contributed by atoms with Gasteiger partial charge in [0, 0.05) is 16.2 Å². The Labute approximate surface area is 517 Å². The lowest BCUT2D eigenvalue weighted by Gasteiger charge is -2.08. The van der Waals surface area contributed by atoms with Crippen LogP contribution in [0, 0.1) is 83.1 Å². The molecule has 0 bridgehead atoms. The number of rotatable bonds is 4. The highest BCUT2D eigenvalue weighted by Gasteiger charge is 2.19. The molecule has 0 fully saturated rings. The Balaban J connectivity index is 0.000000151. The van der Waals surface area contributed by atoms with Gasteiger partial charge in [0.15, 0.2) is 0 Å². The monoisotopic (exact) mass is 1260 g/mol. The van der Waals surface area contributed by atoms with E-state index in [4.69, 9.17) is 4.55 Å². The fraction of sp³-hybridized carbons (Fsp3) is 0.167. The molecule has 0 aliphatic rings. The summed E-state index contributed by atoms with van der Waals surface area (Å²) in [5, 5.41) is 11.5. The standard InChI is InChI=1S/4C12H12O3S.2C12H12/c1-8-3-6-11-10(7-8)5-4-9(2)12(11)16(13,14)15;1-8-3-4-10-5-9(2)7-12(11(10)6-8)16(13,14)15;1-8-3-4-10-7-11(16(13,14)15)6-9(2)12(10)5-8;1-8-4-3-5-11-10(8)7-6-9(2)12(11)16(13,14)15;1-9-6-7-12-10(2)4-3-5-11(12)8-9;1-9-7-8-10(2)12-6-4-3-5-11(9)12/h4*3-7H,1-2H3,(H,13,14,15);2*3-8H,1-2H3. The summed E-state index contributed by atoms with van der Waals surface area (Å²) in [7, 11) is -16.6. The zero-order valence-corrected chi connectivity index (χ0v) is 54.4. The molecule has 0 radical (unpaired) electrons. The summed E-state index contributed by atoms with van der Waals surface area (Å²) in [4.78, 5) is -0.0637. The average Bonchev–Trinajstić information content (AvgIpc) is 1.08. The maximum Gasteiger partial charge on any atom is 0.295 e. The molecule has 0 heterocycles. The Hall–Kier alpha value is -8.16. The van der Waals surface area contributed by atoms with Gasteiger partial charge in [-0.25, -0.2) is 0 Å². The van der Waals surface area contributed by atoms with Gasteiger partial charge in [0.25, 0.3) is 40.5 Å². The predicted molar refractivity (Wildman–Crippen MR) is 360 cm³/mol. The zero-order valence-electron chi connectivity index (χ0n) is 51.2. The zero-order chi connectivity index (χ0) is 64.8. The number of benzene rings is 12. The Bertz CT molecular complexity index is 5050. The van der Waals surface area contributed by atoms with Crippen LogP contribution in [0.15, 0.2) is 214 Å².